The van der Waals surface area contributed by atoms with Crippen LogP contribution in [0.25, 0.3) is 0 Å². The lowest BCUT2D eigenvalue weighted by molar-refractivity contribution is -0.145. The minimum atomic E-state index is -0.855. The zero-order chi connectivity index (χ0) is 28.6. The van der Waals surface area contributed by atoms with Gasteiger partial charge in [0.15, 0.2) is 0 Å². The van der Waals surface area contributed by atoms with E-state index in [1.807, 2.05) is 54.6 Å². The number of carbonyl (C=O) groups excluding carboxylic acids is 3. The first-order chi connectivity index (χ1) is 20.0. The highest BCUT2D eigenvalue weighted by Gasteiger charge is 2.35. The lowest BCUT2D eigenvalue weighted by Gasteiger charge is -2.39. The summed E-state index contributed by atoms with van der Waals surface area (Å²) in [6.07, 6.45) is -0.124. The summed E-state index contributed by atoms with van der Waals surface area (Å²) in [5.74, 6) is 1.39. The zero-order valence-electron chi connectivity index (χ0n) is 23.1. The van der Waals surface area contributed by atoms with E-state index in [0.717, 1.165) is 30.3 Å². The second-order valence-corrected chi connectivity index (χ2v) is 10.0. The van der Waals surface area contributed by atoms with Crippen LogP contribution < -0.4 is 25.0 Å². The summed E-state index contributed by atoms with van der Waals surface area (Å²) >= 11 is 0. The third-order valence-corrected chi connectivity index (χ3v) is 7.30. The van der Waals surface area contributed by atoms with Gasteiger partial charge >= 0.3 is 0 Å². The van der Waals surface area contributed by atoms with Gasteiger partial charge in [-0.1, -0.05) is 30.3 Å². The lowest BCUT2D eigenvalue weighted by Crippen LogP contribution is -2.60. The number of para-hydroxylation sites is 3. The number of nitrogens with zero attached hydrogens (tertiary/aromatic N) is 3. The van der Waals surface area contributed by atoms with E-state index >= 15 is 0 Å². The molecular weight excluding hydrogens is 522 g/mol. The Labute approximate surface area is 239 Å². The molecule has 214 valence electrons. The molecule has 10 nitrogen and oxygen atoms in total. The summed E-state index contributed by atoms with van der Waals surface area (Å²) in [6, 6.07) is 23.5. The van der Waals surface area contributed by atoms with Crippen molar-refractivity contribution < 1.29 is 23.9 Å². The number of benzene rings is 3. The molecule has 3 amide bonds. The zero-order valence-corrected chi connectivity index (χ0v) is 23.1. The topological polar surface area (TPSA) is 103 Å². The molecule has 1 atom stereocenters. The van der Waals surface area contributed by atoms with Gasteiger partial charge in [-0.2, -0.15) is 0 Å². The van der Waals surface area contributed by atoms with Gasteiger partial charge in [-0.15, -0.1) is 0 Å². The van der Waals surface area contributed by atoms with E-state index < -0.39 is 6.04 Å². The average Bonchev–Trinajstić information content (AvgIpc) is 3.00. The highest BCUT2D eigenvalue weighted by molar-refractivity contribution is 5.97. The van der Waals surface area contributed by atoms with Crippen LogP contribution >= 0.6 is 0 Å². The standard InChI is InChI=1S/C31H35N5O5/c1-40-28-10-6-5-9-26(28)35-19-17-34(18-20-35)22-30(38)36-16-15-32-31(39)27(36)21-29(37)33-23-11-13-25(14-12-23)41-24-7-3-2-4-8-24/h2-14,27H,15-22H2,1H3,(H,32,39)(H,33,37)/t27-/m1/s1. The van der Waals surface area contributed by atoms with Crippen LogP contribution in [0.1, 0.15) is 6.42 Å². The van der Waals surface area contributed by atoms with E-state index in [1.165, 1.54) is 0 Å². The van der Waals surface area contributed by atoms with E-state index in [-0.39, 0.29) is 30.7 Å². The van der Waals surface area contributed by atoms with Crippen molar-refractivity contribution in [2.45, 2.75) is 12.5 Å². The molecule has 0 aliphatic carbocycles. The highest BCUT2D eigenvalue weighted by Crippen LogP contribution is 2.28. The fraction of sp³-hybridized carbons (Fsp3) is 0.323. The number of nitrogens with one attached hydrogen (secondary N) is 2. The molecule has 10 heteroatoms. The smallest absolute Gasteiger partial charge is 0.243 e. The van der Waals surface area contributed by atoms with E-state index in [0.29, 0.717) is 37.6 Å². The minimum absolute atomic E-state index is 0.124. The largest absolute Gasteiger partial charge is 0.495 e. The normalized spacial score (nSPS) is 17.5. The Morgan fingerprint density at radius 3 is 2.29 bits per heavy atom. The second-order valence-electron chi connectivity index (χ2n) is 10.0. The molecule has 5 rings (SSSR count). The monoisotopic (exact) mass is 557 g/mol. The van der Waals surface area contributed by atoms with Crippen LogP contribution in [0.15, 0.2) is 78.9 Å². The highest BCUT2D eigenvalue weighted by atomic mass is 16.5. The maximum Gasteiger partial charge on any atom is 0.243 e. The molecule has 2 saturated heterocycles. The van der Waals surface area contributed by atoms with Crippen LogP contribution in [0, 0.1) is 0 Å². The third-order valence-electron chi connectivity index (χ3n) is 7.30. The Bertz CT molecular complexity index is 1340. The maximum absolute atomic E-state index is 13.3. The van der Waals surface area contributed by atoms with Gasteiger partial charge in [0.1, 0.15) is 23.3 Å². The number of piperazine rings is 2. The molecule has 0 unspecified atom stereocenters. The van der Waals surface area contributed by atoms with Gasteiger partial charge < -0.3 is 29.9 Å². The summed E-state index contributed by atoms with van der Waals surface area (Å²) in [4.78, 5) is 44.8. The predicted octanol–water partition coefficient (Wildman–Crippen LogP) is 2.97. The van der Waals surface area contributed by atoms with Gasteiger partial charge in [0.05, 0.1) is 25.8 Å². The molecule has 3 aromatic carbocycles. The summed E-state index contributed by atoms with van der Waals surface area (Å²) in [5, 5.41) is 5.63. The van der Waals surface area contributed by atoms with Gasteiger partial charge in [-0.25, -0.2) is 0 Å². The van der Waals surface area contributed by atoms with Gasteiger partial charge in [0.25, 0.3) is 0 Å². The first-order valence-electron chi connectivity index (χ1n) is 13.8. The molecule has 0 bridgehead atoms. The van der Waals surface area contributed by atoms with Gasteiger partial charge in [-0.05, 0) is 48.5 Å². The predicted molar refractivity (Wildman–Crippen MR) is 156 cm³/mol. The van der Waals surface area contributed by atoms with E-state index in [9.17, 15) is 14.4 Å². The van der Waals surface area contributed by atoms with Crippen molar-refractivity contribution in [2.75, 3.05) is 63.1 Å². The van der Waals surface area contributed by atoms with Crippen molar-refractivity contribution in [1.82, 2.24) is 15.1 Å². The summed E-state index contributed by atoms with van der Waals surface area (Å²) in [6.45, 7) is 3.87. The Kier molecular flexibility index (Phi) is 9.00. The van der Waals surface area contributed by atoms with Crippen LogP contribution in [0.5, 0.6) is 17.2 Å². The number of hydrogen-bond donors (Lipinski definition) is 2. The minimum Gasteiger partial charge on any atom is -0.495 e. The van der Waals surface area contributed by atoms with Crippen molar-refractivity contribution in [1.29, 1.82) is 0 Å². The summed E-state index contributed by atoms with van der Waals surface area (Å²) in [7, 11) is 1.66. The van der Waals surface area contributed by atoms with E-state index in [4.69, 9.17) is 9.47 Å². The lowest BCUT2D eigenvalue weighted by atomic mass is 10.1. The van der Waals surface area contributed by atoms with Gasteiger partial charge in [-0.3, -0.25) is 19.3 Å². The fourth-order valence-corrected chi connectivity index (χ4v) is 5.15. The van der Waals surface area contributed by atoms with Crippen LogP contribution in [-0.2, 0) is 14.4 Å². The second kappa shape index (κ2) is 13.2. The third kappa shape index (κ3) is 7.15. The van der Waals surface area contributed by atoms with Gasteiger partial charge in [0.2, 0.25) is 17.7 Å². The SMILES string of the molecule is COc1ccccc1N1CCN(CC(=O)N2CCNC(=O)[C@H]2CC(=O)Nc2ccc(Oc3ccccc3)cc2)CC1. The Balaban J connectivity index is 1.13. The number of amides is 3. The fourth-order valence-electron chi connectivity index (χ4n) is 5.15. The molecule has 2 fully saturated rings. The molecule has 0 spiro atoms. The Morgan fingerprint density at radius 1 is 0.878 bits per heavy atom. The molecule has 2 heterocycles. The van der Waals surface area contributed by atoms with Crippen molar-refractivity contribution in [2.24, 2.45) is 0 Å². The van der Waals surface area contributed by atoms with Crippen LogP contribution in [-0.4, -0.2) is 86.5 Å². The first kappa shape index (κ1) is 28.0. The Morgan fingerprint density at radius 2 is 1.56 bits per heavy atom. The number of hydrogen-bond acceptors (Lipinski definition) is 7. The molecule has 0 radical (unpaired) electrons. The quantitative estimate of drug-likeness (QED) is 0.417. The molecule has 0 aromatic heterocycles. The average molecular weight is 558 g/mol. The summed E-state index contributed by atoms with van der Waals surface area (Å²) in [5.41, 5.74) is 1.62. The van der Waals surface area contributed by atoms with Crippen molar-refractivity contribution in [3.63, 3.8) is 0 Å². The number of rotatable bonds is 9. The van der Waals surface area contributed by atoms with Crippen LogP contribution in [0.2, 0.25) is 0 Å². The molecule has 2 aliphatic heterocycles. The van der Waals surface area contributed by atoms with Crippen LogP contribution in [0.4, 0.5) is 11.4 Å². The number of anilines is 2. The van der Waals surface area contributed by atoms with Gasteiger partial charge in [0, 0.05) is 45.0 Å². The van der Waals surface area contributed by atoms with Crippen molar-refractivity contribution in [3.8, 4) is 17.2 Å². The molecule has 2 aliphatic rings. The van der Waals surface area contributed by atoms with Crippen molar-refractivity contribution in [3.05, 3.63) is 78.9 Å². The first-order valence-corrected chi connectivity index (χ1v) is 13.8. The number of methoxy groups -OCH3 is 1. The van der Waals surface area contributed by atoms with Crippen LogP contribution in [0.3, 0.4) is 0 Å². The molecular formula is C31H35N5O5. The molecule has 0 saturated carbocycles. The number of carbonyl (C=O) groups is 3. The number of ether oxygens (including phenoxy) is 2. The molecule has 41 heavy (non-hydrogen) atoms. The van der Waals surface area contributed by atoms with E-state index in [1.54, 1.807) is 36.3 Å². The molecule has 3 aromatic rings. The Hall–Kier alpha value is -4.57. The molecule has 2 N–H and O–H groups in total. The summed E-state index contributed by atoms with van der Waals surface area (Å²) < 4.78 is 11.3. The maximum atomic E-state index is 13.3. The van der Waals surface area contributed by atoms with E-state index in [2.05, 4.69) is 20.4 Å². The van der Waals surface area contributed by atoms with Crippen molar-refractivity contribution >= 4 is 29.1 Å².